The molecule has 0 atom stereocenters. The first-order valence-electron chi connectivity index (χ1n) is 11.3. The molecule has 0 aliphatic rings. The zero-order valence-electron chi connectivity index (χ0n) is 19.5. The predicted octanol–water partition coefficient (Wildman–Crippen LogP) is 4.35. The van der Waals surface area contributed by atoms with Crippen molar-refractivity contribution in [2.75, 3.05) is 7.05 Å². The molecule has 0 aliphatic heterocycles. The van der Waals surface area contributed by atoms with Crippen LogP contribution < -0.4 is 11.1 Å². The number of nitrogens with one attached hydrogen (secondary N) is 1. The molecule has 0 unspecified atom stereocenters. The number of pyridine rings is 2. The Morgan fingerprint density at radius 1 is 1.00 bits per heavy atom. The SMILES string of the molecule is CN(Cc1cccc(F)c1)Cc1c2c(=O)n(-c3ccccc3Cl)[nH]c2cc(=O)n1Cc1cccnc1. The first kappa shape index (κ1) is 23.7. The van der Waals surface area contributed by atoms with Crippen LogP contribution in [0.3, 0.4) is 0 Å². The number of rotatable bonds is 7. The molecule has 2 aromatic carbocycles. The molecule has 5 rings (SSSR count). The van der Waals surface area contributed by atoms with Crippen molar-refractivity contribution < 1.29 is 4.39 Å². The van der Waals surface area contributed by atoms with Gasteiger partial charge in [-0.25, -0.2) is 9.07 Å². The van der Waals surface area contributed by atoms with Gasteiger partial charge in [0.15, 0.2) is 0 Å². The number of fused-ring (bicyclic) bond motifs is 1. The van der Waals surface area contributed by atoms with Crippen LogP contribution in [-0.4, -0.2) is 31.3 Å². The second kappa shape index (κ2) is 9.93. The van der Waals surface area contributed by atoms with Gasteiger partial charge in [-0.15, -0.1) is 0 Å². The molecule has 9 heteroatoms. The third-order valence-electron chi connectivity index (χ3n) is 5.98. The minimum Gasteiger partial charge on any atom is -0.306 e. The van der Waals surface area contributed by atoms with Gasteiger partial charge >= 0.3 is 0 Å². The third kappa shape index (κ3) is 4.73. The zero-order chi connectivity index (χ0) is 25.2. The summed E-state index contributed by atoms with van der Waals surface area (Å²) in [5, 5.41) is 3.85. The van der Waals surface area contributed by atoms with E-state index in [9.17, 15) is 14.0 Å². The van der Waals surface area contributed by atoms with Gasteiger partial charge in [-0.3, -0.25) is 24.6 Å². The van der Waals surface area contributed by atoms with Gasteiger partial charge in [0.1, 0.15) is 5.82 Å². The monoisotopic (exact) mass is 503 g/mol. The van der Waals surface area contributed by atoms with E-state index in [2.05, 4.69) is 10.1 Å². The molecule has 36 heavy (non-hydrogen) atoms. The van der Waals surface area contributed by atoms with E-state index in [4.69, 9.17) is 11.6 Å². The maximum absolute atomic E-state index is 13.7. The highest BCUT2D eigenvalue weighted by Gasteiger charge is 2.20. The Morgan fingerprint density at radius 3 is 2.56 bits per heavy atom. The van der Waals surface area contributed by atoms with Crippen molar-refractivity contribution in [2.45, 2.75) is 19.6 Å². The minimum atomic E-state index is -0.315. The number of aromatic nitrogens is 4. The second-order valence-electron chi connectivity index (χ2n) is 8.67. The van der Waals surface area contributed by atoms with Gasteiger partial charge in [-0.1, -0.05) is 41.9 Å². The Morgan fingerprint density at radius 2 is 1.81 bits per heavy atom. The van der Waals surface area contributed by atoms with Crippen LogP contribution in [0, 0.1) is 5.82 Å². The molecule has 0 radical (unpaired) electrons. The number of hydrogen-bond acceptors (Lipinski definition) is 4. The van der Waals surface area contributed by atoms with E-state index in [1.54, 1.807) is 53.4 Å². The Labute approximate surface area is 211 Å². The van der Waals surface area contributed by atoms with E-state index in [1.165, 1.54) is 22.9 Å². The zero-order valence-corrected chi connectivity index (χ0v) is 20.2. The Bertz CT molecular complexity index is 1660. The minimum absolute atomic E-state index is 0.252. The normalized spacial score (nSPS) is 11.4. The van der Waals surface area contributed by atoms with Crippen molar-refractivity contribution >= 4 is 22.5 Å². The van der Waals surface area contributed by atoms with Gasteiger partial charge in [0.25, 0.3) is 11.1 Å². The van der Waals surface area contributed by atoms with E-state index in [0.29, 0.717) is 33.9 Å². The van der Waals surface area contributed by atoms with E-state index in [1.807, 2.05) is 24.1 Å². The van der Waals surface area contributed by atoms with Crippen LogP contribution >= 0.6 is 11.6 Å². The summed E-state index contributed by atoms with van der Waals surface area (Å²) >= 11 is 6.36. The summed E-state index contributed by atoms with van der Waals surface area (Å²) in [6.07, 6.45) is 3.35. The maximum Gasteiger partial charge on any atom is 0.280 e. The Hall–Kier alpha value is -4.01. The van der Waals surface area contributed by atoms with Gasteiger partial charge in [0, 0.05) is 31.5 Å². The molecular formula is C27H23ClFN5O2. The van der Waals surface area contributed by atoms with E-state index < -0.39 is 0 Å². The van der Waals surface area contributed by atoms with Crippen molar-refractivity contribution in [3.05, 3.63) is 127 Å². The number of benzene rings is 2. The molecule has 1 N–H and O–H groups in total. The molecule has 5 aromatic rings. The van der Waals surface area contributed by atoms with Crippen LogP contribution in [0.15, 0.2) is 88.7 Å². The van der Waals surface area contributed by atoms with E-state index >= 15 is 0 Å². The van der Waals surface area contributed by atoms with Crippen molar-refractivity contribution in [3.63, 3.8) is 0 Å². The molecule has 7 nitrogen and oxygen atoms in total. The van der Waals surface area contributed by atoms with Gasteiger partial charge in [-0.05, 0) is 48.5 Å². The fourth-order valence-corrected chi connectivity index (χ4v) is 4.60. The fraction of sp³-hybridized carbons (Fsp3) is 0.148. The van der Waals surface area contributed by atoms with Crippen LogP contribution in [0.5, 0.6) is 0 Å². The number of H-pyrrole nitrogens is 1. The van der Waals surface area contributed by atoms with Crippen molar-refractivity contribution in [1.82, 2.24) is 24.2 Å². The quantitative estimate of drug-likeness (QED) is 0.358. The van der Waals surface area contributed by atoms with E-state index in [-0.39, 0.29) is 30.0 Å². The molecule has 0 aliphatic carbocycles. The summed E-state index contributed by atoms with van der Waals surface area (Å²) < 4.78 is 16.7. The van der Waals surface area contributed by atoms with Crippen molar-refractivity contribution in [2.24, 2.45) is 0 Å². The molecule has 0 spiro atoms. The number of halogens is 2. The first-order chi connectivity index (χ1) is 17.4. The first-order valence-corrected chi connectivity index (χ1v) is 11.7. The summed E-state index contributed by atoms with van der Waals surface area (Å²) in [5.74, 6) is -0.315. The van der Waals surface area contributed by atoms with Crippen LogP contribution in [0.2, 0.25) is 5.02 Å². The molecule has 0 saturated carbocycles. The summed E-state index contributed by atoms with van der Waals surface area (Å²) in [4.78, 5) is 33.1. The maximum atomic E-state index is 13.7. The molecule has 3 heterocycles. The van der Waals surface area contributed by atoms with Gasteiger partial charge in [-0.2, -0.15) is 0 Å². The highest BCUT2D eigenvalue weighted by molar-refractivity contribution is 6.32. The highest BCUT2D eigenvalue weighted by atomic mass is 35.5. The van der Waals surface area contributed by atoms with Gasteiger partial charge in [0.2, 0.25) is 0 Å². The lowest BCUT2D eigenvalue weighted by Gasteiger charge is -2.20. The number of aromatic amines is 1. The number of nitrogens with zero attached hydrogens (tertiary/aromatic N) is 4. The smallest absolute Gasteiger partial charge is 0.280 e. The van der Waals surface area contributed by atoms with Crippen LogP contribution in [-0.2, 0) is 19.6 Å². The lowest BCUT2D eigenvalue weighted by atomic mass is 10.1. The molecule has 0 fully saturated rings. The van der Waals surface area contributed by atoms with Crippen molar-refractivity contribution in [1.29, 1.82) is 0 Å². The molecule has 0 saturated heterocycles. The average Bonchev–Trinajstić information content (AvgIpc) is 3.17. The van der Waals surface area contributed by atoms with Gasteiger partial charge < -0.3 is 4.57 Å². The fourth-order valence-electron chi connectivity index (χ4n) is 4.38. The van der Waals surface area contributed by atoms with Crippen molar-refractivity contribution in [3.8, 4) is 5.69 Å². The largest absolute Gasteiger partial charge is 0.306 e. The van der Waals surface area contributed by atoms with E-state index in [0.717, 1.165) is 11.1 Å². The molecular weight excluding hydrogens is 481 g/mol. The molecule has 0 bridgehead atoms. The summed E-state index contributed by atoms with van der Waals surface area (Å²) in [7, 11) is 1.86. The third-order valence-corrected chi connectivity index (χ3v) is 6.30. The average molecular weight is 504 g/mol. The molecule has 0 amide bonds. The second-order valence-corrected chi connectivity index (χ2v) is 9.08. The molecule has 3 aromatic heterocycles. The van der Waals surface area contributed by atoms with Crippen LogP contribution in [0.25, 0.3) is 16.6 Å². The van der Waals surface area contributed by atoms with Gasteiger partial charge in [0.05, 0.1) is 33.9 Å². The summed E-state index contributed by atoms with van der Waals surface area (Å²) in [6, 6.07) is 18.5. The van der Waals surface area contributed by atoms with Crippen LogP contribution in [0.1, 0.15) is 16.8 Å². The molecule has 182 valence electrons. The number of hydrogen-bond donors (Lipinski definition) is 1. The topological polar surface area (TPSA) is 75.9 Å². The lowest BCUT2D eigenvalue weighted by Crippen LogP contribution is -2.29. The lowest BCUT2D eigenvalue weighted by molar-refractivity contribution is 0.310. The van der Waals surface area contributed by atoms with Crippen LogP contribution in [0.4, 0.5) is 4.39 Å². The number of para-hydroxylation sites is 1. The highest BCUT2D eigenvalue weighted by Crippen LogP contribution is 2.21. The standard InChI is InChI=1S/C27H23ClFN5O2/c1-32(15-18-6-4-8-20(29)12-18)17-24-26-22(13-25(35)33(24)16-19-7-5-11-30-14-19)31-34(27(26)36)23-10-3-2-9-21(23)28/h2-14,31H,15-17H2,1H3. The summed E-state index contributed by atoms with van der Waals surface area (Å²) in [5.41, 5.74) is 2.50. The summed E-state index contributed by atoms with van der Waals surface area (Å²) in [6.45, 7) is 0.958. The Kier molecular flexibility index (Phi) is 6.54. The Balaban J connectivity index is 1.65. The predicted molar refractivity (Wildman–Crippen MR) is 138 cm³/mol.